The molecule has 0 atom stereocenters. The third-order valence-electron chi connectivity index (χ3n) is 2.15. The van der Waals surface area contributed by atoms with Gasteiger partial charge in [0.15, 0.2) is 5.82 Å². The molecule has 2 rings (SSSR count). The Morgan fingerprint density at radius 3 is 2.67 bits per heavy atom. The molecule has 0 aliphatic heterocycles. The average Bonchev–Trinajstić information content (AvgIpc) is 2.69. The molecule has 0 spiro atoms. The van der Waals surface area contributed by atoms with E-state index in [-0.39, 0.29) is 15.0 Å². The van der Waals surface area contributed by atoms with Crippen molar-refractivity contribution < 1.29 is 13.6 Å². The zero-order valence-corrected chi connectivity index (χ0v) is 11.2. The highest BCUT2D eigenvalue weighted by atomic mass is 79.9. The van der Waals surface area contributed by atoms with Crippen LogP contribution >= 0.6 is 27.3 Å². The Hall–Kier alpha value is -1.47. The first-order valence-electron chi connectivity index (χ1n) is 4.78. The van der Waals surface area contributed by atoms with E-state index in [1.165, 1.54) is 0 Å². The average molecular weight is 333 g/mol. The molecule has 0 aliphatic rings. The molecule has 7 heteroatoms. The molecule has 3 nitrogen and oxygen atoms in total. The number of nitrogen functional groups attached to an aromatic ring is 1. The number of rotatable bonds is 2. The number of hydrogen-bond donors (Lipinski definition) is 2. The fourth-order valence-corrected chi connectivity index (χ4v) is 2.56. The van der Waals surface area contributed by atoms with E-state index in [4.69, 9.17) is 5.73 Å². The Morgan fingerprint density at radius 2 is 2.11 bits per heavy atom. The van der Waals surface area contributed by atoms with Crippen molar-refractivity contribution in [3.63, 3.8) is 0 Å². The summed E-state index contributed by atoms with van der Waals surface area (Å²) in [6.45, 7) is 0. The van der Waals surface area contributed by atoms with E-state index in [0.29, 0.717) is 11.8 Å². The maximum absolute atomic E-state index is 13.5. The van der Waals surface area contributed by atoms with E-state index in [1.807, 2.05) is 0 Å². The first-order chi connectivity index (χ1) is 8.49. The van der Waals surface area contributed by atoms with Crippen molar-refractivity contribution >= 4 is 44.5 Å². The summed E-state index contributed by atoms with van der Waals surface area (Å²) < 4.78 is 26.5. The van der Waals surface area contributed by atoms with Crippen molar-refractivity contribution in [1.29, 1.82) is 0 Å². The third-order valence-corrected chi connectivity index (χ3v) is 3.70. The molecule has 0 bridgehead atoms. The molecule has 0 saturated carbocycles. The molecule has 0 aliphatic carbocycles. The van der Waals surface area contributed by atoms with Gasteiger partial charge in [0.05, 0.1) is 11.4 Å². The van der Waals surface area contributed by atoms with Crippen molar-refractivity contribution in [2.24, 2.45) is 0 Å². The molecule has 1 amide bonds. The second kappa shape index (κ2) is 5.03. The van der Waals surface area contributed by atoms with Crippen molar-refractivity contribution in [2.45, 2.75) is 0 Å². The zero-order valence-electron chi connectivity index (χ0n) is 8.84. The summed E-state index contributed by atoms with van der Waals surface area (Å²) in [6, 6.07) is 3.34. The van der Waals surface area contributed by atoms with Gasteiger partial charge in [0.25, 0.3) is 5.91 Å². The molecular weight excluding hydrogens is 326 g/mol. The summed E-state index contributed by atoms with van der Waals surface area (Å²) in [6.07, 6.45) is 0. The fourth-order valence-electron chi connectivity index (χ4n) is 1.34. The number of carbonyl (C=O) groups excluding carboxylic acids is 1. The van der Waals surface area contributed by atoms with E-state index < -0.39 is 17.5 Å². The van der Waals surface area contributed by atoms with Crippen LogP contribution < -0.4 is 11.1 Å². The molecule has 18 heavy (non-hydrogen) atoms. The largest absolute Gasteiger partial charge is 0.397 e. The van der Waals surface area contributed by atoms with Gasteiger partial charge >= 0.3 is 0 Å². The van der Waals surface area contributed by atoms with Gasteiger partial charge in [-0.2, -0.15) is 0 Å². The SMILES string of the molecule is Nc1ccsc1C(=O)Nc1c(F)cc(F)cc1Br. The number of hydrogen-bond acceptors (Lipinski definition) is 3. The number of nitrogens with two attached hydrogens (primary N) is 1. The summed E-state index contributed by atoms with van der Waals surface area (Å²) in [5.74, 6) is -2.12. The van der Waals surface area contributed by atoms with Crippen molar-refractivity contribution in [3.05, 3.63) is 44.6 Å². The van der Waals surface area contributed by atoms with Crippen molar-refractivity contribution in [3.8, 4) is 0 Å². The maximum atomic E-state index is 13.5. The smallest absolute Gasteiger partial charge is 0.267 e. The van der Waals surface area contributed by atoms with Crippen LogP contribution in [0, 0.1) is 11.6 Å². The third kappa shape index (κ3) is 2.51. The number of thiophene rings is 1. The van der Waals surface area contributed by atoms with E-state index >= 15 is 0 Å². The van der Waals surface area contributed by atoms with Crippen LogP contribution in [0.5, 0.6) is 0 Å². The number of benzene rings is 1. The molecule has 0 radical (unpaired) electrons. The normalized spacial score (nSPS) is 10.4. The van der Waals surface area contributed by atoms with Gasteiger partial charge in [-0.05, 0) is 33.4 Å². The van der Waals surface area contributed by atoms with Gasteiger partial charge in [0, 0.05) is 10.5 Å². The summed E-state index contributed by atoms with van der Waals surface area (Å²) in [7, 11) is 0. The van der Waals surface area contributed by atoms with Gasteiger partial charge < -0.3 is 11.1 Å². The second-order valence-corrected chi connectivity index (χ2v) is 5.17. The topological polar surface area (TPSA) is 55.1 Å². The van der Waals surface area contributed by atoms with Crippen LogP contribution in [0.1, 0.15) is 9.67 Å². The Bertz CT molecular complexity index is 592. The van der Waals surface area contributed by atoms with Crippen molar-refractivity contribution in [2.75, 3.05) is 11.1 Å². The molecule has 1 aromatic carbocycles. The molecule has 1 heterocycles. The fraction of sp³-hybridized carbons (Fsp3) is 0. The highest BCUT2D eigenvalue weighted by molar-refractivity contribution is 9.10. The monoisotopic (exact) mass is 332 g/mol. The number of halogens is 3. The Kier molecular flexibility index (Phi) is 3.63. The van der Waals surface area contributed by atoms with Gasteiger partial charge in [-0.25, -0.2) is 8.78 Å². The molecule has 1 aromatic heterocycles. The standard InChI is InChI=1S/C11H7BrF2N2OS/c12-6-3-5(13)4-7(14)9(6)16-11(17)10-8(15)1-2-18-10/h1-4H,15H2,(H,16,17). The summed E-state index contributed by atoms with van der Waals surface area (Å²) in [5, 5.41) is 4.00. The minimum atomic E-state index is -0.856. The van der Waals surface area contributed by atoms with Crippen LogP contribution in [0.25, 0.3) is 0 Å². The Balaban J connectivity index is 2.31. The minimum Gasteiger partial charge on any atom is -0.397 e. The number of nitrogens with one attached hydrogen (secondary N) is 1. The van der Waals surface area contributed by atoms with Crippen LogP contribution in [0.3, 0.4) is 0 Å². The zero-order chi connectivity index (χ0) is 13.3. The molecule has 0 fully saturated rings. The van der Waals surface area contributed by atoms with E-state index in [0.717, 1.165) is 17.4 Å². The Labute approximate surface area is 114 Å². The van der Waals surface area contributed by atoms with E-state index in [2.05, 4.69) is 21.2 Å². The number of amides is 1. The van der Waals surface area contributed by atoms with Crippen LogP contribution in [0.2, 0.25) is 0 Å². The highest BCUT2D eigenvalue weighted by Gasteiger charge is 2.16. The van der Waals surface area contributed by atoms with Crippen LogP contribution in [0.15, 0.2) is 28.1 Å². The summed E-state index contributed by atoms with van der Waals surface area (Å²) in [4.78, 5) is 12.1. The molecule has 0 saturated heterocycles. The van der Waals surface area contributed by atoms with Gasteiger partial charge in [-0.1, -0.05) is 0 Å². The first-order valence-corrected chi connectivity index (χ1v) is 6.45. The van der Waals surface area contributed by atoms with E-state index in [9.17, 15) is 13.6 Å². The van der Waals surface area contributed by atoms with Gasteiger partial charge in [-0.3, -0.25) is 4.79 Å². The lowest BCUT2D eigenvalue weighted by Crippen LogP contribution is -2.13. The quantitative estimate of drug-likeness (QED) is 0.882. The molecule has 3 N–H and O–H groups in total. The lowest BCUT2D eigenvalue weighted by Gasteiger charge is -2.08. The van der Waals surface area contributed by atoms with Gasteiger partial charge in [-0.15, -0.1) is 11.3 Å². The predicted molar refractivity (Wildman–Crippen MR) is 70.7 cm³/mol. The summed E-state index contributed by atoms with van der Waals surface area (Å²) >= 11 is 4.13. The predicted octanol–water partition coefficient (Wildman–Crippen LogP) is 3.62. The van der Waals surface area contributed by atoms with Crippen LogP contribution in [0.4, 0.5) is 20.2 Å². The molecular formula is C11H7BrF2N2OS. The molecule has 94 valence electrons. The maximum Gasteiger partial charge on any atom is 0.267 e. The van der Waals surface area contributed by atoms with Crippen LogP contribution in [-0.2, 0) is 0 Å². The molecule has 2 aromatic rings. The lowest BCUT2D eigenvalue weighted by atomic mass is 10.3. The summed E-state index contributed by atoms with van der Waals surface area (Å²) in [5.41, 5.74) is 5.78. The first kappa shape index (κ1) is 13.0. The molecule has 0 unspecified atom stereocenters. The van der Waals surface area contributed by atoms with Crippen molar-refractivity contribution in [1.82, 2.24) is 0 Å². The Morgan fingerprint density at radius 1 is 1.39 bits per heavy atom. The second-order valence-electron chi connectivity index (χ2n) is 3.40. The van der Waals surface area contributed by atoms with Gasteiger partial charge in [0.2, 0.25) is 0 Å². The lowest BCUT2D eigenvalue weighted by molar-refractivity contribution is 0.103. The number of anilines is 2. The minimum absolute atomic E-state index is 0.116. The van der Waals surface area contributed by atoms with Gasteiger partial charge in [0.1, 0.15) is 10.7 Å². The van der Waals surface area contributed by atoms with Crippen LogP contribution in [-0.4, -0.2) is 5.91 Å². The number of carbonyl (C=O) groups is 1. The highest BCUT2D eigenvalue weighted by Crippen LogP contribution is 2.28. The van der Waals surface area contributed by atoms with E-state index in [1.54, 1.807) is 11.4 Å².